The van der Waals surface area contributed by atoms with Crippen LogP contribution in [-0.2, 0) is 11.3 Å². The number of benzene rings is 2. The molecule has 1 amide bonds. The van der Waals surface area contributed by atoms with Gasteiger partial charge in [-0.1, -0.05) is 48.0 Å². The number of ether oxygens (including phenoxy) is 1. The lowest BCUT2D eigenvalue weighted by Crippen LogP contribution is -2.30. The Hall–Kier alpha value is -3.60. The zero-order chi connectivity index (χ0) is 19.9. The zero-order valence-corrected chi connectivity index (χ0v) is 15.9. The predicted molar refractivity (Wildman–Crippen MR) is 111 cm³/mol. The Balaban J connectivity index is 1.90. The molecule has 5 nitrogen and oxygen atoms in total. The van der Waals surface area contributed by atoms with Crippen molar-refractivity contribution >= 4 is 17.7 Å². The van der Waals surface area contributed by atoms with Crippen molar-refractivity contribution in [1.82, 2.24) is 9.88 Å². The summed E-state index contributed by atoms with van der Waals surface area (Å²) in [4.78, 5) is 25.2. The molecule has 0 spiro atoms. The Morgan fingerprint density at radius 2 is 1.75 bits per heavy atom. The average Bonchev–Trinajstić information content (AvgIpc) is 2.72. The van der Waals surface area contributed by atoms with Gasteiger partial charge in [0.15, 0.2) is 0 Å². The van der Waals surface area contributed by atoms with Crippen molar-refractivity contribution in [1.29, 1.82) is 0 Å². The second-order valence-electron chi connectivity index (χ2n) is 6.38. The third-order valence-electron chi connectivity index (χ3n) is 4.31. The zero-order valence-electron chi connectivity index (χ0n) is 15.9. The van der Waals surface area contributed by atoms with Gasteiger partial charge in [0.1, 0.15) is 11.4 Å². The van der Waals surface area contributed by atoms with Crippen LogP contribution in [0.1, 0.15) is 16.7 Å². The van der Waals surface area contributed by atoms with E-state index in [1.54, 1.807) is 43.6 Å². The lowest BCUT2D eigenvalue weighted by atomic mass is 10.1. The van der Waals surface area contributed by atoms with E-state index in [2.05, 4.69) is 5.32 Å². The topological polar surface area (TPSA) is 60.3 Å². The molecule has 2 aromatic carbocycles. The number of aromatic nitrogens is 1. The SMILES string of the molecule is COc1ccc(C=C(C(=O)NCc2ccc(C)cc2)n2ccccc2=O)cc1. The van der Waals surface area contributed by atoms with Gasteiger partial charge in [-0.2, -0.15) is 0 Å². The summed E-state index contributed by atoms with van der Waals surface area (Å²) < 4.78 is 6.51. The summed E-state index contributed by atoms with van der Waals surface area (Å²) in [6, 6.07) is 20.0. The van der Waals surface area contributed by atoms with Crippen LogP contribution in [0.2, 0.25) is 0 Å². The highest BCUT2D eigenvalue weighted by Crippen LogP contribution is 2.16. The number of hydrogen-bond acceptors (Lipinski definition) is 3. The van der Waals surface area contributed by atoms with Crippen molar-refractivity contribution < 1.29 is 9.53 Å². The molecule has 3 aromatic rings. The van der Waals surface area contributed by atoms with Crippen LogP contribution in [0.15, 0.2) is 77.7 Å². The first-order chi connectivity index (χ1) is 13.6. The van der Waals surface area contributed by atoms with Gasteiger partial charge in [0.25, 0.3) is 11.5 Å². The number of carbonyl (C=O) groups excluding carboxylic acids is 1. The van der Waals surface area contributed by atoms with Gasteiger partial charge in [-0.25, -0.2) is 0 Å². The predicted octanol–water partition coefficient (Wildman–Crippen LogP) is 3.48. The molecule has 0 saturated heterocycles. The van der Waals surface area contributed by atoms with Crippen LogP contribution in [0.3, 0.4) is 0 Å². The van der Waals surface area contributed by atoms with E-state index in [1.165, 1.54) is 10.6 Å². The third-order valence-corrected chi connectivity index (χ3v) is 4.31. The van der Waals surface area contributed by atoms with E-state index in [0.717, 1.165) is 22.4 Å². The molecule has 0 atom stereocenters. The summed E-state index contributed by atoms with van der Waals surface area (Å²) in [5, 5.41) is 2.90. The molecule has 0 aliphatic carbocycles. The van der Waals surface area contributed by atoms with Crippen molar-refractivity contribution in [3.8, 4) is 5.75 Å². The number of hydrogen-bond donors (Lipinski definition) is 1. The van der Waals surface area contributed by atoms with Crippen molar-refractivity contribution in [2.45, 2.75) is 13.5 Å². The summed E-state index contributed by atoms with van der Waals surface area (Å²) >= 11 is 0. The van der Waals surface area contributed by atoms with Gasteiger partial charge in [-0.3, -0.25) is 14.2 Å². The Bertz CT molecular complexity index is 1030. The summed E-state index contributed by atoms with van der Waals surface area (Å²) in [6.45, 7) is 2.39. The molecule has 1 aromatic heterocycles. The highest BCUT2D eigenvalue weighted by Gasteiger charge is 2.13. The first-order valence-electron chi connectivity index (χ1n) is 8.94. The van der Waals surface area contributed by atoms with E-state index < -0.39 is 0 Å². The Kier molecular flexibility index (Phi) is 6.07. The fourth-order valence-electron chi connectivity index (χ4n) is 2.71. The molecule has 28 heavy (non-hydrogen) atoms. The Labute approximate surface area is 163 Å². The molecule has 0 aliphatic heterocycles. The van der Waals surface area contributed by atoms with Crippen molar-refractivity contribution in [2.24, 2.45) is 0 Å². The van der Waals surface area contributed by atoms with Crippen molar-refractivity contribution in [3.63, 3.8) is 0 Å². The van der Waals surface area contributed by atoms with Gasteiger partial charge < -0.3 is 10.1 Å². The lowest BCUT2D eigenvalue weighted by Gasteiger charge is -2.12. The molecule has 3 rings (SSSR count). The largest absolute Gasteiger partial charge is 0.497 e. The number of pyridine rings is 1. The van der Waals surface area contributed by atoms with Gasteiger partial charge in [-0.05, 0) is 42.3 Å². The average molecular weight is 374 g/mol. The van der Waals surface area contributed by atoms with E-state index in [4.69, 9.17) is 4.74 Å². The molecule has 0 unspecified atom stereocenters. The van der Waals surface area contributed by atoms with Crippen LogP contribution in [0.5, 0.6) is 5.75 Å². The van der Waals surface area contributed by atoms with Crippen LogP contribution in [-0.4, -0.2) is 17.6 Å². The lowest BCUT2D eigenvalue weighted by molar-refractivity contribution is -0.116. The maximum absolute atomic E-state index is 12.9. The standard InChI is InChI=1S/C23H22N2O3/c1-17-6-8-19(9-7-17)16-24-23(27)21(25-14-4-3-5-22(25)26)15-18-10-12-20(28-2)13-11-18/h3-15H,16H2,1-2H3,(H,24,27). The number of rotatable bonds is 6. The van der Waals surface area contributed by atoms with Crippen molar-refractivity contribution in [3.05, 3.63) is 100.0 Å². The van der Waals surface area contributed by atoms with Gasteiger partial charge >= 0.3 is 0 Å². The maximum Gasteiger partial charge on any atom is 0.268 e. The Morgan fingerprint density at radius 1 is 1.04 bits per heavy atom. The molecule has 0 saturated carbocycles. The Morgan fingerprint density at radius 3 is 2.39 bits per heavy atom. The number of methoxy groups -OCH3 is 1. The first kappa shape index (κ1) is 19.2. The number of amides is 1. The molecule has 142 valence electrons. The highest BCUT2D eigenvalue weighted by molar-refractivity contribution is 6.18. The molecule has 0 radical (unpaired) electrons. The van der Waals surface area contributed by atoms with E-state index in [-0.39, 0.29) is 17.2 Å². The minimum absolute atomic E-state index is 0.253. The minimum Gasteiger partial charge on any atom is -0.497 e. The molecule has 1 N–H and O–H groups in total. The first-order valence-corrected chi connectivity index (χ1v) is 8.94. The minimum atomic E-state index is -0.329. The summed E-state index contributed by atoms with van der Waals surface area (Å²) in [7, 11) is 1.60. The molecule has 0 aliphatic rings. The number of nitrogens with one attached hydrogen (secondary N) is 1. The quantitative estimate of drug-likeness (QED) is 0.672. The number of aryl methyl sites for hydroxylation is 1. The normalized spacial score (nSPS) is 11.1. The maximum atomic E-state index is 12.9. The molecule has 5 heteroatoms. The van der Waals surface area contributed by atoms with Crippen LogP contribution in [0, 0.1) is 6.92 Å². The van der Waals surface area contributed by atoms with Crippen LogP contribution in [0.25, 0.3) is 11.8 Å². The molecular weight excluding hydrogens is 352 g/mol. The third kappa shape index (κ3) is 4.76. The second kappa shape index (κ2) is 8.86. The second-order valence-corrected chi connectivity index (χ2v) is 6.38. The van der Waals surface area contributed by atoms with Crippen LogP contribution >= 0.6 is 0 Å². The van der Waals surface area contributed by atoms with Gasteiger partial charge in [0.2, 0.25) is 0 Å². The fraction of sp³-hybridized carbons (Fsp3) is 0.130. The number of carbonyl (C=O) groups is 1. The summed E-state index contributed by atoms with van der Waals surface area (Å²) in [5.41, 5.74) is 2.92. The van der Waals surface area contributed by atoms with E-state index >= 15 is 0 Å². The van der Waals surface area contributed by atoms with Gasteiger partial charge in [0, 0.05) is 18.8 Å². The molecule has 0 fully saturated rings. The van der Waals surface area contributed by atoms with E-state index in [9.17, 15) is 9.59 Å². The highest BCUT2D eigenvalue weighted by atomic mass is 16.5. The summed E-state index contributed by atoms with van der Waals surface area (Å²) in [6.07, 6.45) is 3.27. The van der Waals surface area contributed by atoms with Crippen LogP contribution in [0.4, 0.5) is 0 Å². The smallest absolute Gasteiger partial charge is 0.268 e. The summed E-state index contributed by atoms with van der Waals surface area (Å²) in [5.74, 6) is 0.393. The molecule has 1 heterocycles. The van der Waals surface area contributed by atoms with Crippen molar-refractivity contribution in [2.75, 3.05) is 7.11 Å². The molecular formula is C23H22N2O3. The van der Waals surface area contributed by atoms with Gasteiger partial charge in [0.05, 0.1) is 7.11 Å². The monoisotopic (exact) mass is 374 g/mol. The van der Waals surface area contributed by atoms with Crippen LogP contribution < -0.4 is 15.6 Å². The fourth-order valence-corrected chi connectivity index (χ4v) is 2.71. The van der Waals surface area contributed by atoms with Gasteiger partial charge in [-0.15, -0.1) is 0 Å². The van der Waals surface area contributed by atoms with E-state index in [1.807, 2.05) is 43.3 Å². The number of nitrogens with zero attached hydrogens (tertiary/aromatic N) is 1. The van der Waals surface area contributed by atoms with E-state index in [0.29, 0.717) is 6.54 Å². The molecule has 0 bridgehead atoms.